The number of carbonyl (C=O) groups is 1. The van der Waals surface area contributed by atoms with E-state index < -0.39 is 5.91 Å². The van der Waals surface area contributed by atoms with Gasteiger partial charge in [0.25, 0.3) is 5.91 Å². The second kappa shape index (κ2) is 5.95. The number of anilines is 2. The minimum Gasteiger partial charge on any atom is -0.396 e. The van der Waals surface area contributed by atoms with Gasteiger partial charge in [0.2, 0.25) is 0 Å². The number of amides is 1. The van der Waals surface area contributed by atoms with Gasteiger partial charge in [-0.1, -0.05) is 32.3 Å². The van der Waals surface area contributed by atoms with Gasteiger partial charge in [-0.05, 0) is 30.4 Å². The Morgan fingerprint density at radius 3 is 2.79 bits per heavy atom. The summed E-state index contributed by atoms with van der Waals surface area (Å²) in [7, 11) is 0. The molecular weight excluding hydrogens is 238 g/mol. The average molecular weight is 261 g/mol. The number of para-hydroxylation sites is 1. The van der Waals surface area contributed by atoms with Crippen LogP contribution in [0.4, 0.5) is 11.4 Å². The van der Waals surface area contributed by atoms with Crippen molar-refractivity contribution >= 4 is 17.3 Å². The van der Waals surface area contributed by atoms with Gasteiger partial charge in [-0.3, -0.25) is 4.79 Å². The molecule has 0 heterocycles. The monoisotopic (exact) mass is 261 g/mol. The molecule has 104 valence electrons. The fraction of sp³-hybridized carbons (Fsp3) is 0.533. The summed E-state index contributed by atoms with van der Waals surface area (Å²) in [5.74, 6) is 0.958. The van der Waals surface area contributed by atoms with Crippen molar-refractivity contribution in [1.82, 2.24) is 0 Å². The lowest BCUT2D eigenvalue weighted by atomic mass is 9.80. The molecule has 0 saturated heterocycles. The Kier molecular flexibility index (Phi) is 4.30. The normalized spacial score (nSPS) is 23.0. The van der Waals surface area contributed by atoms with Crippen molar-refractivity contribution in [3.8, 4) is 0 Å². The highest BCUT2D eigenvalue weighted by molar-refractivity contribution is 6.00. The molecule has 1 aliphatic carbocycles. The van der Waals surface area contributed by atoms with E-state index >= 15 is 0 Å². The Morgan fingerprint density at radius 2 is 2.11 bits per heavy atom. The third-order valence-electron chi connectivity index (χ3n) is 4.22. The lowest BCUT2D eigenvalue weighted by Crippen LogP contribution is -2.25. The van der Waals surface area contributed by atoms with Gasteiger partial charge in [0.05, 0.1) is 16.9 Å². The fourth-order valence-corrected chi connectivity index (χ4v) is 2.87. The van der Waals surface area contributed by atoms with E-state index in [1.165, 1.54) is 25.7 Å². The number of nitrogen functional groups attached to an aromatic ring is 1. The maximum Gasteiger partial charge on any atom is 0.250 e. The highest BCUT2D eigenvalue weighted by Crippen LogP contribution is 2.30. The highest BCUT2D eigenvalue weighted by Gasteiger charge is 2.21. The number of rotatable bonds is 4. The largest absolute Gasteiger partial charge is 0.396 e. The molecule has 0 bridgehead atoms. The Morgan fingerprint density at radius 1 is 1.37 bits per heavy atom. The van der Waals surface area contributed by atoms with Crippen molar-refractivity contribution in [2.24, 2.45) is 17.6 Å². The molecule has 1 aliphatic rings. The maximum absolute atomic E-state index is 11.2. The number of hydrogen-bond donors (Lipinski definition) is 3. The van der Waals surface area contributed by atoms with E-state index in [1.54, 1.807) is 6.07 Å². The molecule has 1 aromatic carbocycles. The SMILES string of the molecule is CC1CCCCC1CNc1cccc(C(N)=O)c1N. The Bertz CT molecular complexity index is 459. The standard InChI is InChI=1S/C15H23N3O/c1-10-5-2-3-6-11(10)9-18-13-8-4-7-12(14(13)16)15(17)19/h4,7-8,10-11,18H,2-3,5-6,9,16H2,1H3,(H2,17,19). The minimum atomic E-state index is -0.479. The maximum atomic E-state index is 11.2. The van der Waals surface area contributed by atoms with Gasteiger partial charge in [0.1, 0.15) is 0 Å². The molecule has 2 rings (SSSR count). The first-order valence-electron chi connectivity index (χ1n) is 7.01. The van der Waals surface area contributed by atoms with E-state index in [0.29, 0.717) is 17.2 Å². The topological polar surface area (TPSA) is 81.1 Å². The number of nitrogens with two attached hydrogens (primary N) is 2. The van der Waals surface area contributed by atoms with Gasteiger partial charge in [0, 0.05) is 6.54 Å². The quantitative estimate of drug-likeness (QED) is 0.729. The van der Waals surface area contributed by atoms with E-state index in [0.717, 1.165) is 18.2 Å². The van der Waals surface area contributed by atoms with Crippen LogP contribution >= 0.6 is 0 Å². The summed E-state index contributed by atoms with van der Waals surface area (Å²) in [6.07, 6.45) is 5.23. The van der Waals surface area contributed by atoms with Crippen LogP contribution in [0.3, 0.4) is 0 Å². The summed E-state index contributed by atoms with van der Waals surface area (Å²) in [6.45, 7) is 3.22. The predicted octanol–water partition coefficient (Wildman–Crippen LogP) is 2.61. The van der Waals surface area contributed by atoms with Crippen molar-refractivity contribution in [2.75, 3.05) is 17.6 Å². The molecular formula is C15H23N3O. The van der Waals surface area contributed by atoms with E-state index in [4.69, 9.17) is 11.5 Å². The molecule has 1 fully saturated rings. The lowest BCUT2D eigenvalue weighted by molar-refractivity contribution is 0.100. The number of nitrogens with one attached hydrogen (secondary N) is 1. The fourth-order valence-electron chi connectivity index (χ4n) is 2.87. The first kappa shape index (κ1) is 13.7. The van der Waals surface area contributed by atoms with Gasteiger partial charge in [-0.25, -0.2) is 0 Å². The van der Waals surface area contributed by atoms with Crippen LogP contribution in [0.1, 0.15) is 43.0 Å². The molecule has 19 heavy (non-hydrogen) atoms. The smallest absolute Gasteiger partial charge is 0.250 e. The number of primary amides is 1. The molecule has 1 saturated carbocycles. The van der Waals surface area contributed by atoms with Crippen molar-refractivity contribution < 1.29 is 4.79 Å². The lowest BCUT2D eigenvalue weighted by Gasteiger charge is -2.29. The number of hydrogen-bond acceptors (Lipinski definition) is 3. The summed E-state index contributed by atoms with van der Waals surface area (Å²) in [5.41, 5.74) is 12.9. The van der Waals surface area contributed by atoms with Crippen molar-refractivity contribution in [3.05, 3.63) is 23.8 Å². The highest BCUT2D eigenvalue weighted by atomic mass is 16.1. The molecule has 0 radical (unpaired) electrons. The number of benzene rings is 1. The van der Waals surface area contributed by atoms with Gasteiger partial charge in [-0.15, -0.1) is 0 Å². The van der Waals surface area contributed by atoms with Gasteiger partial charge in [0.15, 0.2) is 0 Å². The summed E-state index contributed by atoms with van der Waals surface area (Å²) >= 11 is 0. The molecule has 0 aromatic heterocycles. The molecule has 2 unspecified atom stereocenters. The number of carbonyl (C=O) groups excluding carboxylic acids is 1. The van der Waals surface area contributed by atoms with Crippen molar-refractivity contribution in [3.63, 3.8) is 0 Å². The Balaban J connectivity index is 2.03. The van der Waals surface area contributed by atoms with E-state index in [2.05, 4.69) is 12.2 Å². The van der Waals surface area contributed by atoms with Crippen LogP contribution in [-0.4, -0.2) is 12.5 Å². The van der Waals surface area contributed by atoms with E-state index in [1.807, 2.05) is 12.1 Å². The van der Waals surface area contributed by atoms with Gasteiger partial charge >= 0.3 is 0 Å². The molecule has 1 aromatic rings. The zero-order valence-electron chi connectivity index (χ0n) is 11.5. The first-order valence-corrected chi connectivity index (χ1v) is 7.01. The second-order valence-corrected chi connectivity index (χ2v) is 5.53. The van der Waals surface area contributed by atoms with Crippen LogP contribution < -0.4 is 16.8 Å². The molecule has 5 N–H and O–H groups in total. The van der Waals surface area contributed by atoms with Gasteiger partial charge in [-0.2, -0.15) is 0 Å². The third kappa shape index (κ3) is 3.19. The van der Waals surface area contributed by atoms with Crippen LogP contribution in [0.5, 0.6) is 0 Å². The average Bonchev–Trinajstić information content (AvgIpc) is 2.39. The molecule has 1 amide bonds. The zero-order valence-corrected chi connectivity index (χ0v) is 11.5. The molecule has 2 atom stereocenters. The third-order valence-corrected chi connectivity index (χ3v) is 4.22. The van der Waals surface area contributed by atoms with Crippen LogP contribution in [0, 0.1) is 11.8 Å². The van der Waals surface area contributed by atoms with E-state index in [-0.39, 0.29) is 0 Å². The van der Waals surface area contributed by atoms with Crippen molar-refractivity contribution in [1.29, 1.82) is 0 Å². The summed E-state index contributed by atoms with van der Waals surface area (Å²) < 4.78 is 0. The van der Waals surface area contributed by atoms with E-state index in [9.17, 15) is 4.79 Å². The van der Waals surface area contributed by atoms with Gasteiger partial charge < -0.3 is 16.8 Å². The van der Waals surface area contributed by atoms with Crippen LogP contribution in [0.2, 0.25) is 0 Å². The Hall–Kier alpha value is -1.71. The molecule has 0 aliphatic heterocycles. The summed E-state index contributed by atoms with van der Waals surface area (Å²) in [5, 5.41) is 3.38. The molecule has 4 nitrogen and oxygen atoms in total. The summed E-state index contributed by atoms with van der Waals surface area (Å²) in [4.78, 5) is 11.2. The first-order chi connectivity index (χ1) is 9.09. The molecule has 4 heteroatoms. The zero-order chi connectivity index (χ0) is 13.8. The molecule has 0 spiro atoms. The van der Waals surface area contributed by atoms with Crippen LogP contribution in [0.25, 0.3) is 0 Å². The Labute approximate surface area is 114 Å². The minimum absolute atomic E-state index is 0.390. The van der Waals surface area contributed by atoms with Crippen LogP contribution in [-0.2, 0) is 0 Å². The second-order valence-electron chi connectivity index (χ2n) is 5.53. The van der Waals surface area contributed by atoms with Crippen LogP contribution in [0.15, 0.2) is 18.2 Å². The predicted molar refractivity (Wildman–Crippen MR) is 79.0 cm³/mol. The van der Waals surface area contributed by atoms with Crippen molar-refractivity contribution in [2.45, 2.75) is 32.6 Å². The summed E-state index contributed by atoms with van der Waals surface area (Å²) in [6, 6.07) is 5.37.